The lowest BCUT2D eigenvalue weighted by Gasteiger charge is -2.31. The van der Waals surface area contributed by atoms with Gasteiger partial charge in [0, 0.05) is 18.7 Å². The second kappa shape index (κ2) is 11.1. The molecule has 2 aromatic rings. The Balaban J connectivity index is 0.00000261. The minimum Gasteiger partial charge on any atom is -0.334 e. The smallest absolute Gasteiger partial charge is 0.223 e. The van der Waals surface area contributed by atoms with Crippen molar-refractivity contribution < 1.29 is 4.79 Å². The second-order valence-corrected chi connectivity index (χ2v) is 7.16. The van der Waals surface area contributed by atoms with Gasteiger partial charge in [-0.25, -0.2) is 0 Å². The molecule has 0 spiro atoms. The molecule has 4 nitrogen and oxygen atoms in total. The van der Waals surface area contributed by atoms with Crippen molar-refractivity contribution in [2.75, 3.05) is 13.1 Å². The average Bonchev–Trinajstić information content (AvgIpc) is 2.95. The zero-order chi connectivity index (χ0) is 18.2. The van der Waals surface area contributed by atoms with E-state index in [1.807, 2.05) is 18.2 Å². The maximum Gasteiger partial charge on any atom is 0.223 e. The Hall–Kier alpha value is -1.91. The van der Waals surface area contributed by atoms with Gasteiger partial charge in [-0.1, -0.05) is 35.9 Å². The molecule has 1 N–H and O–H groups in total. The first-order chi connectivity index (χ1) is 12.7. The van der Waals surface area contributed by atoms with Crippen molar-refractivity contribution in [1.82, 2.24) is 15.2 Å². The van der Waals surface area contributed by atoms with Crippen LogP contribution in [0.1, 0.15) is 42.5 Å². The summed E-state index contributed by atoms with van der Waals surface area (Å²) in [6.07, 6.45) is 6.36. The van der Waals surface area contributed by atoms with Crippen LogP contribution in [0.2, 0.25) is 0 Å². The number of nitrogens with one attached hydrogen (secondary N) is 1. The molecule has 1 fully saturated rings. The Morgan fingerprint density at radius 2 is 1.96 bits per heavy atom. The average molecular weight is 388 g/mol. The molecule has 0 aliphatic carbocycles. The van der Waals surface area contributed by atoms with E-state index < -0.39 is 0 Å². The SMILES string of the molecule is Cc1ccc(CCC(=O)N(Cc2ccccn2)C2CCCNCC2)cc1.Cl. The number of aryl methyl sites for hydroxylation is 2. The van der Waals surface area contributed by atoms with Gasteiger partial charge < -0.3 is 10.2 Å². The highest BCUT2D eigenvalue weighted by Gasteiger charge is 2.24. The molecule has 27 heavy (non-hydrogen) atoms. The lowest BCUT2D eigenvalue weighted by Crippen LogP contribution is -2.40. The summed E-state index contributed by atoms with van der Waals surface area (Å²) in [4.78, 5) is 19.6. The summed E-state index contributed by atoms with van der Waals surface area (Å²) < 4.78 is 0. The maximum atomic E-state index is 13.1. The number of carbonyl (C=O) groups excluding carboxylic acids is 1. The van der Waals surface area contributed by atoms with Crippen LogP contribution in [0, 0.1) is 6.92 Å². The minimum atomic E-state index is 0. The van der Waals surface area contributed by atoms with E-state index in [2.05, 4.69) is 46.4 Å². The normalized spacial score (nSPS) is 16.9. The lowest BCUT2D eigenvalue weighted by molar-refractivity contribution is -0.134. The quantitative estimate of drug-likeness (QED) is 0.817. The van der Waals surface area contributed by atoms with Crippen molar-refractivity contribution in [3.05, 3.63) is 65.5 Å². The van der Waals surface area contributed by atoms with Gasteiger partial charge in [-0.05, 0) is 63.4 Å². The number of carbonyl (C=O) groups is 1. The van der Waals surface area contributed by atoms with Gasteiger partial charge in [-0.15, -0.1) is 12.4 Å². The fourth-order valence-electron chi connectivity index (χ4n) is 3.55. The van der Waals surface area contributed by atoms with Crippen molar-refractivity contribution in [3.63, 3.8) is 0 Å². The van der Waals surface area contributed by atoms with E-state index in [0.29, 0.717) is 19.0 Å². The van der Waals surface area contributed by atoms with Crippen LogP contribution in [-0.2, 0) is 17.8 Å². The van der Waals surface area contributed by atoms with Gasteiger partial charge in [-0.3, -0.25) is 9.78 Å². The number of halogens is 1. The fraction of sp³-hybridized carbons (Fsp3) is 0.455. The van der Waals surface area contributed by atoms with E-state index in [-0.39, 0.29) is 18.3 Å². The first-order valence-corrected chi connectivity index (χ1v) is 9.68. The van der Waals surface area contributed by atoms with Gasteiger partial charge in [-0.2, -0.15) is 0 Å². The highest BCUT2D eigenvalue weighted by atomic mass is 35.5. The molecule has 0 radical (unpaired) electrons. The van der Waals surface area contributed by atoms with Crippen LogP contribution in [0.15, 0.2) is 48.7 Å². The van der Waals surface area contributed by atoms with E-state index in [1.165, 1.54) is 11.1 Å². The highest BCUT2D eigenvalue weighted by Crippen LogP contribution is 2.18. The van der Waals surface area contributed by atoms with Crippen molar-refractivity contribution in [2.24, 2.45) is 0 Å². The number of rotatable bonds is 6. The monoisotopic (exact) mass is 387 g/mol. The van der Waals surface area contributed by atoms with E-state index >= 15 is 0 Å². The van der Waals surface area contributed by atoms with E-state index in [1.54, 1.807) is 6.20 Å². The van der Waals surface area contributed by atoms with Crippen LogP contribution in [-0.4, -0.2) is 34.9 Å². The summed E-state index contributed by atoms with van der Waals surface area (Å²) in [7, 11) is 0. The molecule has 3 rings (SSSR count). The van der Waals surface area contributed by atoms with Gasteiger partial charge in [0.2, 0.25) is 5.91 Å². The van der Waals surface area contributed by atoms with Crippen molar-refractivity contribution >= 4 is 18.3 Å². The Bertz CT molecular complexity index is 682. The van der Waals surface area contributed by atoms with Crippen LogP contribution in [0.25, 0.3) is 0 Å². The Labute approximate surface area is 168 Å². The van der Waals surface area contributed by atoms with Crippen LogP contribution in [0.3, 0.4) is 0 Å². The first kappa shape index (κ1) is 21.4. The Morgan fingerprint density at radius 1 is 1.15 bits per heavy atom. The molecular formula is C22H30ClN3O. The predicted molar refractivity (Wildman–Crippen MR) is 112 cm³/mol. The summed E-state index contributed by atoms with van der Waals surface area (Å²) in [6.45, 7) is 4.72. The highest BCUT2D eigenvalue weighted by molar-refractivity contribution is 5.85. The van der Waals surface area contributed by atoms with Gasteiger partial charge in [0.05, 0.1) is 12.2 Å². The first-order valence-electron chi connectivity index (χ1n) is 9.68. The third-order valence-corrected chi connectivity index (χ3v) is 5.11. The maximum absolute atomic E-state index is 13.1. The van der Waals surface area contributed by atoms with Gasteiger partial charge >= 0.3 is 0 Å². The summed E-state index contributed by atoms with van der Waals surface area (Å²) in [5, 5.41) is 3.44. The number of hydrogen-bond acceptors (Lipinski definition) is 3. The van der Waals surface area contributed by atoms with Crippen molar-refractivity contribution in [3.8, 4) is 0 Å². The molecule has 1 aromatic heterocycles. The Kier molecular flexibility index (Phi) is 8.76. The van der Waals surface area contributed by atoms with E-state index in [4.69, 9.17) is 0 Å². The minimum absolute atomic E-state index is 0. The van der Waals surface area contributed by atoms with Crippen LogP contribution in [0.5, 0.6) is 0 Å². The second-order valence-electron chi connectivity index (χ2n) is 7.16. The largest absolute Gasteiger partial charge is 0.334 e. The lowest BCUT2D eigenvalue weighted by atomic mass is 10.0. The standard InChI is InChI=1S/C22H29N3O.ClH/c1-18-7-9-19(10-8-18)11-12-22(26)25(17-20-5-2-3-15-24-20)21-6-4-14-23-16-13-21;/h2-3,5,7-10,15,21,23H,4,6,11-14,16-17H2,1H3;1H. The molecule has 1 unspecified atom stereocenters. The summed E-state index contributed by atoms with van der Waals surface area (Å²) in [5.74, 6) is 0.239. The molecule has 5 heteroatoms. The molecule has 1 aliphatic heterocycles. The molecule has 1 saturated heterocycles. The number of amides is 1. The molecule has 1 aromatic carbocycles. The van der Waals surface area contributed by atoms with E-state index in [0.717, 1.165) is 44.5 Å². The predicted octanol–water partition coefficient (Wildman–Crippen LogP) is 3.92. The molecule has 1 aliphatic rings. The molecule has 0 bridgehead atoms. The summed E-state index contributed by atoms with van der Waals surface area (Å²) in [5.41, 5.74) is 3.44. The Morgan fingerprint density at radius 3 is 2.70 bits per heavy atom. The van der Waals surface area contributed by atoms with Crippen molar-refractivity contribution in [2.45, 2.75) is 51.6 Å². The zero-order valence-corrected chi connectivity index (χ0v) is 16.9. The van der Waals surface area contributed by atoms with Crippen molar-refractivity contribution in [1.29, 1.82) is 0 Å². The molecule has 2 heterocycles. The van der Waals surface area contributed by atoms with Gasteiger partial charge in [0.1, 0.15) is 0 Å². The molecule has 0 saturated carbocycles. The van der Waals surface area contributed by atoms with Gasteiger partial charge in [0.15, 0.2) is 0 Å². The molecule has 146 valence electrons. The molecule has 1 atom stereocenters. The molecule has 1 amide bonds. The number of nitrogens with zero attached hydrogens (tertiary/aromatic N) is 2. The third-order valence-electron chi connectivity index (χ3n) is 5.11. The number of pyridine rings is 1. The zero-order valence-electron chi connectivity index (χ0n) is 16.1. The summed E-state index contributed by atoms with van der Waals surface area (Å²) >= 11 is 0. The topological polar surface area (TPSA) is 45.2 Å². The third kappa shape index (κ3) is 6.64. The van der Waals surface area contributed by atoms with Crippen LogP contribution in [0.4, 0.5) is 0 Å². The number of hydrogen-bond donors (Lipinski definition) is 1. The van der Waals surface area contributed by atoms with E-state index in [9.17, 15) is 4.79 Å². The van der Waals surface area contributed by atoms with Gasteiger partial charge in [0.25, 0.3) is 0 Å². The number of benzene rings is 1. The number of aromatic nitrogens is 1. The van der Waals surface area contributed by atoms with Crippen LogP contribution >= 0.6 is 12.4 Å². The summed E-state index contributed by atoms with van der Waals surface area (Å²) in [6, 6.07) is 14.7. The van der Waals surface area contributed by atoms with Crippen LogP contribution < -0.4 is 5.32 Å². The fourth-order valence-corrected chi connectivity index (χ4v) is 3.55. The molecular weight excluding hydrogens is 358 g/mol.